The number of nitrogens with one attached hydrogen (secondary N) is 1. The second-order valence-corrected chi connectivity index (χ2v) is 6.14. The van der Waals surface area contributed by atoms with Gasteiger partial charge in [-0.3, -0.25) is 4.79 Å². The first-order valence-electron chi connectivity index (χ1n) is 8.19. The fourth-order valence-corrected chi connectivity index (χ4v) is 2.79. The van der Waals surface area contributed by atoms with Crippen LogP contribution in [0, 0.1) is 11.3 Å². The number of anilines is 3. The van der Waals surface area contributed by atoms with Crippen LogP contribution in [-0.4, -0.2) is 43.1 Å². The first-order chi connectivity index (χ1) is 12.1. The second-order valence-electron chi connectivity index (χ2n) is 6.14. The number of nitriles is 1. The Morgan fingerprint density at radius 2 is 2.08 bits per heavy atom. The zero-order chi connectivity index (χ0) is 17.8. The van der Waals surface area contributed by atoms with Gasteiger partial charge in [-0.05, 0) is 31.0 Å². The largest absolute Gasteiger partial charge is 0.361 e. The predicted molar refractivity (Wildman–Crippen MR) is 96.9 cm³/mol. The molecule has 0 saturated carbocycles. The van der Waals surface area contributed by atoms with Crippen LogP contribution >= 0.6 is 0 Å². The molecule has 0 unspecified atom stereocenters. The summed E-state index contributed by atoms with van der Waals surface area (Å²) in [6.45, 7) is 1.92. The number of nitrogens with zero attached hydrogens (tertiary/aromatic N) is 5. The van der Waals surface area contributed by atoms with Crippen LogP contribution in [0.15, 0.2) is 30.5 Å². The number of rotatable bonds is 4. The summed E-state index contributed by atoms with van der Waals surface area (Å²) in [5, 5.41) is 11.8. The van der Waals surface area contributed by atoms with Gasteiger partial charge in [-0.25, -0.2) is 4.98 Å². The number of hydrogen-bond donors (Lipinski definition) is 1. The summed E-state index contributed by atoms with van der Waals surface area (Å²) in [5.41, 5.74) is 1.41. The number of hydrogen-bond acceptors (Lipinski definition) is 6. The van der Waals surface area contributed by atoms with Gasteiger partial charge in [0.25, 0.3) is 5.91 Å². The lowest BCUT2D eigenvalue weighted by atomic mass is 10.1. The molecule has 2 heterocycles. The Morgan fingerprint density at radius 3 is 2.76 bits per heavy atom. The van der Waals surface area contributed by atoms with Gasteiger partial charge in [0.2, 0.25) is 5.95 Å². The van der Waals surface area contributed by atoms with Crippen molar-refractivity contribution in [3.63, 3.8) is 0 Å². The highest BCUT2D eigenvalue weighted by atomic mass is 16.1. The molecule has 1 aromatic heterocycles. The van der Waals surface area contributed by atoms with Crippen LogP contribution in [0.25, 0.3) is 0 Å². The maximum atomic E-state index is 12.5. The van der Waals surface area contributed by atoms with E-state index in [1.165, 1.54) is 0 Å². The molecular weight excluding hydrogens is 316 g/mol. The molecule has 1 fully saturated rings. The Balaban J connectivity index is 1.85. The Hall–Kier alpha value is -3.14. The summed E-state index contributed by atoms with van der Waals surface area (Å²) in [6, 6.07) is 8.62. The van der Waals surface area contributed by atoms with Crippen molar-refractivity contribution >= 4 is 23.4 Å². The number of carbonyl (C=O) groups is 1. The SMILES string of the molecule is CN(C)c1nc(N2CCCC2)ncc1NC(=O)c1cccc(C#N)c1. The van der Waals surface area contributed by atoms with E-state index in [2.05, 4.69) is 20.2 Å². The Kier molecular flexibility index (Phi) is 4.80. The van der Waals surface area contributed by atoms with Crippen molar-refractivity contribution in [3.05, 3.63) is 41.6 Å². The minimum absolute atomic E-state index is 0.294. The van der Waals surface area contributed by atoms with Gasteiger partial charge in [0.05, 0.1) is 17.8 Å². The highest BCUT2D eigenvalue weighted by Crippen LogP contribution is 2.25. The Morgan fingerprint density at radius 1 is 1.32 bits per heavy atom. The van der Waals surface area contributed by atoms with E-state index < -0.39 is 0 Å². The average molecular weight is 336 g/mol. The summed E-state index contributed by atoms with van der Waals surface area (Å²) in [6.07, 6.45) is 3.94. The quantitative estimate of drug-likeness (QED) is 0.922. The van der Waals surface area contributed by atoms with Gasteiger partial charge in [0, 0.05) is 32.7 Å². The molecule has 0 aliphatic carbocycles. The van der Waals surface area contributed by atoms with Crippen molar-refractivity contribution in [2.45, 2.75) is 12.8 Å². The lowest BCUT2D eigenvalue weighted by Gasteiger charge is -2.21. The molecule has 25 heavy (non-hydrogen) atoms. The van der Waals surface area contributed by atoms with Gasteiger partial charge in [0.1, 0.15) is 5.69 Å². The molecule has 3 rings (SSSR count). The highest BCUT2D eigenvalue weighted by molar-refractivity contribution is 6.05. The van der Waals surface area contributed by atoms with Crippen molar-refractivity contribution in [2.75, 3.05) is 42.3 Å². The van der Waals surface area contributed by atoms with Crippen molar-refractivity contribution in [2.24, 2.45) is 0 Å². The summed E-state index contributed by atoms with van der Waals surface area (Å²) < 4.78 is 0. The summed E-state index contributed by atoms with van der Waals surface area (Å²) >= 11 is 0. The molecule has 1 aromatic carbocycles. The topological polar surface area (TPSA) is 85.2 Å². The number of benzene rings is 1. The predicted octanol–water partition coefficient (Wildman–Crippen LogP) is 2.27. The molecule has 7 heteroatoms. The molecule has 1 N–H and O–H groups in total. The van der Waals surface area contributed by atoms with Crippen molar-refractivity contribution < 1.29 is 4.79 Å². The first kappa shape index (κ1) is 16.7. The van der Waals surface area contributed by atoms with E-state index in [0.29, 0.717) is 28.6 Å². The molecule has 128 valence electrons. The van der Waals surface area contributed by atoms with E-state index in [-0.39, 0.29) is 5.91 Å². The molecule has 2 aromatic rings. The van der Waals surface area contributed by atoms with Gasteiger partial charge >= 0.3 is 0 Å². The Labute approximate surface area is 146 Å². The second kappa shape index (κ2) is 7.18. The van der Waals surface area contributed by atoms with Crippen LogP contribution in [0.2, 0.25) is 0 Å². The van der Waals surface area contributed by atoms with Crippen LogP contribution in [0.4, 0.5) is 17.5 Å². The summed E-state index contributed by atoms with van der Waals surface area (Å²) in [4.78, 5) is 25.5. The summed E-state index contributed by atoms with van der Waals surface area (Å²) in [5.74, 6) is 1.05. The van der Waals surface area contributed by atoms with Crippen LogP contribution < -0.4 is 15.1 Å². The lowest BCUT2D eigenvalue weighted by molar-refractivity contribution is 0.102. The van der Waals surface area contributed by atoms with Crippen LogP contribution in [0.3, 0.4) is 0 Å². The molecular formula is C18H20N6O. The number of carbonyl (C=O) groups excluding carboxylic acids is 1. The molecule has 0 atom stereocenters. The van der Waals surface area contributed by atoms with E-state index in [4.69, 9.17) is 5.26 Å². The van der Waals surface area contributed by atoms with Crippen molar-refractivity contribution in [1.82, 2.24) is 9.97 Å². The standard InChI is InChI=1S/C18H20N6O/c1-23(2)16-15(12-20-18(22-16)24-8-3-4-9-24)21-17(25)14-7-5-6-13(10-14)11-19/h5-7,10,12H,3-4,8-9H2,1-2H3,(H,21,25). The number of amides is 1. The van der Waals surface area contributed by atoms with Crippen LogP contribution in [0.1, 0.15) is 28.8 Å². The van der Waals surface area contributed by atoms with Crippen molar-refractivity contribution in [3.8, 4) is 6.07 Å². The van der Waals surface area contributed by atoms with Gasteiger partial charge in [-0.15, -0.1) is 0 Å². The molecule has 0 bridgehead atoms. The zero-order valence-corrected chi connectivity index (χ0v) is 14.4. The van der Waals surface area contributed by atoms with Crippen molar-refractivity contribution in [1.29, 1.82) is 5.26 Å². The lowest BCUT2D eigenvalue weighted by Crippen LogP contribution is -2.23. The molecule has 0 spiro atoms. The van der Waals surface area contributed by atoms with E-state index in [9.17, 15) is 4.79 Å². The van der Waals surface area contributed by atoms with E-state index in [1.54, 1.807) is 30.5 Å². The Bertz CT molecular complexity index is 821. The molecule has 1 saturated heterocycles. The molecule has 1 amide bonds. The average Bonchev–Trinajstić information content (AvgIpc) is 3.16. The first-order valence-corrected chi connectivity index (χ1v) is 8.19. The van der Waals surface area contributed by atoms with E-state index in [0.717, 1.165) is 25.9 Å². The molecule has 1 aliphatic rings. The zero-order valence-electron chi connectivity index (χ0n) is 14.4. The third-order valence-corrected chi connectivity index (χ3v) is 4.07. The minimum atomic E-state index is -0.294. The molecule has 7 nitrogen and oxygen atoms in total. The monoisotopic (exact) mass is 336 g/mol. The fraction of sp³-hybridized carbons (Fsp3) is 0.333. The highest BCUT2D eigenvalue weighted by Gasteiger charge is 2.19. The van der Waals surface area contributed by atoms with Crippen LogP contribution in [0.5, 0.6) is 0 Å². The third kappa shape index (κ3) is 3.69. The molecule has 0 radical (unpaired) electrons. The van der Waals surface area contributed by atoms with Gasteiger partial charge in [-0.2, -0.15) is 10.2 Å². The maximum absolute atomic E-state index is 12.5. The van der Waals surface area contributed by atoms with Gasteiger partial charge < -0.3 is 15.1 Å². The van der Waals surface area contributed by atoms with E-state index >= 15 is 0 Å². The fourth-order valence-electron chi connectivity index (χ4n) is 2.79. The summed E-state index contributed by atoms with van der Waals surface area (Å²) in [7, 11) is 3.75. The van der Waals surface area contributed by atoms with Crippen LogP contribution in [-0.2, 0) is 0 Å². The molecule has 1 aliphatic heterocycles. The van der Waals surface area contributed by atoms with Gasteiger partial charge in [-0.1, -0.05) is 6.07 Å². The maximum Gasteiger partial charge on any atom is 0.255 e. The smallest absolute Gasteiger partial charge is 0.255 e. The number of aromatic nitrogens is 2. The normalized spacial score (nSPS) is 13.4. The van der Waals surface area contributed by atoms with Gasteiger partial charge in [0.15, 0.2) is 5.82 Å². The third-order valence-electron chi connectivity index (χ3n) is 4.07. The minimum Gasteiger partial charge on any atom is -0.361 e. The van der Waals surface area contributed by atoms with E-state index in [1.807, 2.05) is 25.1 Å².